The van der Waals surface area contributed by atoms with Crippen LogP contribution < -0.4 is 10.5 Å². The number of methoxy groups -OCH3 is 1. The third-order valence-electron chi connectivity index (χ3n) is 2.94. The lowest BCUT2D eigenvalue weighted by Gasteiger charge is -2.08. The van der Waals surface area contributed by atoms with Gasteiger partial charge < -0.3 is 10.5 Å². The highest BCUT2D eigenvalue weighted by Crippen LogP contribution is 2.36. The Morgan fingerprint density at radius 1 is 1.05 bits per heavy atom. The lowest BCUT2D eigenvalue weighted by Crippen LogP contribution is -1.98. The largest absolute Gasteiger partial charge is 0.490 e. The summed E-state index contributed by atoms with van der Waals surface area (Å²) in [7, 11) is 1.57. The quantitative estimate of drug-likeness (QED) is 0.747. The van der Waals surface area contributed by atoms with Crippen LogP contribution in [0.1, 0.15) is 0 Å². The van der Waals surface area contributed by atoms with Crippen LogP contribution in [-0.2, 0) is 0 Å². The number of hydrogen-bond donors (Lipinski definition) is 1. The van der Waals surface area contributed by atoms with Crippen LogP contribution in [0.3, 0.4) is 0 Å². The summed E-state index contributed by atoms with van der Waals surface area (Å²) in [6.45, 7) is 0. The van der Waals surface area contributed by atoms with Gasteiger partial charge in [0.2, 0.25) is 0 Å². The Bertz CT molecular complexity index is 761. The summed E-state index contributed by atoms with van der Waals surface area (Å²) in [6, 6.07) is 14.5. The third-order valence-corrected chi connectivity index (χ3v) is 3.91. The van der Waals surface area contributed by atoms with E-state index in [-0.39, 0.29) is 0 Å². The van der Waals surface area contributed by atoms with Crippen molar-refractivity contribution in [1.29, 1.82) is 0 Å². The summed E-state index contributed by atoms with van der Waals surface area (Å²) in [5, 5.41) is 3.12. The maximum atomic E-state index is 5.79. The van der Waals surface area contributed by atoms with E-state index in [0.717, 1.165) is 9.92 Å². The zero-order valence-corrected chi connectivity index (χ0v) is 11.7. The van der Waals surface area contributed by atoms with Gasteiger partial charge in [-0.1, -0.05) is 42.1 Å². The number of anilines is 1. The van der Waals surface area contributed by atoms with Crippen molar-refractivity contribution in [3.8, 4) is 5.75 Å². The molecule has 3 aromatic rings. The number of nitrogen functional groups attached to an aromatic ring is 1. The van der Waals surface area contributed by atoms with E-state index in [4.69, 9.17) is 10.5 Å². The topological polar surface area (TPSA) is 61.0 Å². The second-order valence-electron chi connectivity index (χ2n) is 4.21. The Hall–Kier alpha value is -2.27. The second-order valence-corrected chi connectivity index (χ2v) is 5.27. The van der Waals surface area contributed by atoms with E-state index in [1.54, 1.807) is 7.11 Å². The molecule has 0 radical (unpaired) electrons. The predicted molar refractivity (Wildman–Crippen MR) is 81.1 cm³/mol. The molecule has 0 aliphatic rings. The van der Waals surface area contributed by atoms with Crippen LogP contribution >= 0.6 is 11.8 Å². The number of hydrogen-bond acceptors (Lipinski definition) is 5. The van der Waals surface area contributed by atoms with Crippen LogP contribution in [-0.4, -0.2) is 17.1 Å². The predicted octanol–water partition coefficient (Wildman–Crippen LogP) is 3.37. The molecule has 0 saturated heterocycles. The molecule has 0 aliphatic heterocycles. The molecular weight excluding hydrogens is 270 g/mol. The molecule has 1 heterocycles. The van der Waals surface area contributed by atoms with Gasteiger partial charge in [-0.2, -0.15) is 0 Å². The van der Waals surface area contributed by atoms with Crippen LogP contribution in [0.5, 0.6) is 5.75 Å². The smallest absolute Gasteiger partial charge is 0.193 e. The monoisotopic (exact) mass is 283 g/mol. The molecule has 2 N–H and O–H groups in total. The zero-order valence-electron chi connectivity index (χ0n) is 10.9. The number of ether oxygens (including phenoxy) is 1. The van der Waals surface area contributed by atoms with E-state index < -0.39 is 0 Å². The van der Waals surface area contributed by atoms with Gasteiger partial charge in [0.15, 0.2) is 11.6 Å². The van der Waals surface area contributed by atoms with Crippen LogP contribution in [0, 0.1) is 0 Å². The van der Waals surface area contributed by atoms with E-state index in [0.29, 0.717) is 11.6 Å². The molecule has 0 atom stereocenters. The fraction of sp³-hybridized carbons (Fsp3) is 0.0667. The molecule has 4 nitrogen and oxygen atoms in total. The first-order valence-corrected chi connectivity index (χ1v) is 6.90. The molecule has 0 fully saturated rings. The average Bonchev–Trinajstić information content (AvgIpc) is 2.47. The van der Waals surface area contributed by atoms with Crippen LogP contribution in [0.25, 0.3) is 10.8 Å². The van der Waals surface area contributed by atoms with Crippen molar-refractivity contribution in [3.63, 3.8) is 0 Å². The molecule has 1 aromatic heterocycles. The van der Waals surface area contributed by atoms with Gasteiger partial charge in [-0.05, 0) is 22.9 Å². The molecule has 0 bridgehead atoms. The Morgan fingerprint density at radius 2 is 1.85 bits per heavy atom. The van der Waals surface area contributed by atoms with E-state index >= 15 is 0 Å². The molecule has 100 valence electrons. The summed E-state index contributed by atoms with van der Waals surface area (Å²) >= 11 is 1.51. The zero-order chi connectivity index (χ0) is 13.9. The number of aromatic nitrogens is 2. The Balaban J connectivity index is 1.99. The highest BCUT2D eigenvalue weighted by molar-refractivity contribution is 7.99. The molecule has 2 aromatic carbocycles. The average molecular weight is 283 g/mol. The van der Waals surface area contributed by atoms with E-state index in [2.05, 4.69) is 40.3 Å². The lowest BCUT2D eigenvalue weighted by molar-refractivity contribution is 0.401. The van der Waals surface area contributed by atoms with Gasteiger partial charge in [0.05, 0.1) is 7.11 Å². The molecule has 0 aliphatic carbocycles. The number of nitrogens with two attached hydrogens (primary N) is 1. The van der Waals surface area contributed by atoms with Gasteiger partial charge in [-0.15, -0.1) is 0 Å². The standard InChI is InChI=1S/C15H13N3OS/c1-19-13-14(16)17-9-18-15(13)20-12-7-6-10-4-2-3-5-11(10)8-12/h2-9H,1H3,(H2,16,17,18). The van der Waals surface area contributed by atoms with Crippen molar-refractivity contribution in [1.82, 2.24) is 9.97 Å². The maximum absolute atomic E-state index is 5.79. The molecular formula is C15H13N3OS. The van der Waals surface area contributed by atoms with Crippen molar-refractivity contribution in [2.24, 2.45) is 0 Å². The fourth-order valence-corrected chi connectivity index (χ4v) is 2.90. The molecule has 0 saturated carbocycles. The van der Waals surface area contributed by atoms with Gasteiger partial charge in [-0.3, -0.25) is 0 Å². The SMILES string of the molecule is COc1c(N)ncnc1Sc1ccc2ccccc2c1. The lowest BCUT2D eigenvalue weighted by atomic mass is 10.1. The van der Waals surface area contributed by atoms with Gasteiger partial charge in [0, 0.05) is 4.90 Å². The summed E-state index contributed by atoms with van der Waals surface area (Å²) in [5.41, 5.74) is 5.79. The van der Waals surface area contributed by atoms with Crippen molar-refractivity contribution < 1.29 is 4.74 Å². The minimum Gasteiger partial charge on any atom is -0.490 e. The first kappa shape index (κ1) is 12.7. The van der Waals surface area contributed by atoms with Crippen LogP contribution in [0.2, 0.25) is 0 Å². The summed E-state index contributed by atoms with van der Waals surface area (Å²) < 4.78 is 5.26. The Labute approximate surface area is 121 Å². The molecule has 20 heavy (non-hydrogen) atoms. The molecule has 0 unspecified atom stereocenters. The van der Waals surface area contributed by atoms with Gasteiger partial charge >= 0.3 is 0 Å². The highest BCUT2D eigenvalue weighted by atomic mass is 32.2. The summed E-state index contributed by atoms with van der Waals surface area (Å²) in [4.78, 5) is 9.25. The first-order valence-electron chi connectivity index (χ1n) is 6.09. The van der Waals surface area contributed by atoms with E-state index in [9.17, 15) is 0 Å². The van der Waals surface area contributed by atoms with Crippen LogP contribution in [0.4, 0.5) is 5.82 Å². The normalized spacial score (nSPS) is 10.7. The highest BCUT2D eigenvalue weighted by Gasteiger charge is 2.11. The second kappa shape index (κ2) is 5.38. The number of rotatable bonds is 3. The molecule has 0 amide bonds. The van der Waals surface area contributed by atoms with E-state index in [1.807, 2.05) is 12.1 Å². The first-order chi connectivity index (χ1) is 9.78. The van der Waals surface area contributed by atoms with Crippen molar-refractivity contribution >= 4 is 28.4 Å². The number of benzene rings is 2. The molecule has 3 rings (SSSR count). The van der Waals surface area contributed by atoms with Gasteiger partial charge in [0.25, 0.3) is 0 Å². The van der Waals surface area contributed by atoms with Crippen molar-refractivity contribution in [3.05, 3.63) is 48.8 Å². The Morgan fingerprint density at radius 3 is 2.65 bits per heavy atom. The van der Waals surface area contributed by atoms with E-state index in [1.165, 1.54) is 28.9 Å². The minimum absolute atomic E-state index is 0.353. The summed E-state index contributed by atoms with van der Waals surface area (Å²) in [6.07, 6.45) is 1.45. The summed E-state index contributed by atoms with van der Waals surface area (Å²) in [5.74, 6) is 0.872. The third kappa shape index (κ3) is 2.40. The van der Waals surface area contributed by atoms with Gasteiger partial charge in [0.1, 0.15) is 11.4 Å². The van der Waals surface area contributed by atoms with Crippen molar-refractivity contribution in [2.75, 3.05) is 12.8 Å². The minimum atomic E-state index is 0.353. The number of nitrogens with zero attached hydrogens (tertiary/aromatic N) is 2. The molecule has 5 heteroatoms. The van der Waals surface area contributed by atoms with Gasteiger partial charge in [-0.25, -0.2) is 9.97 Å². The van der Waals surface area contributed by atoms with Crippen molar-refractivity contribution in [2.45, 2.75) is 9.92 Å². The fourth-order valence-electron chi connectivity index (χ4n) is 1.98. The molecule has 0 spiro atoms. The number of fused-ring (bicyclic) bond motifs is 1. The maximum Gasteiger partial charge on any atom is 0.193 e. The Kier molecular flexibility index (Phi) is 3.43. The van der Waals surface area contributed by atoms with Crippen LogP contribution in [0.15, 0.2) is 58.7 Å².